The molecule has 2 N–H and O–H groups in total. The lowest BCUT2D eigenvalue weighted by atomic mass is 10.2. The number of hydrogen-bond donors (Lipinski definition) is 2. The molecule has 0 aromatic heterocycles. The number of ether oxygens (including phenoxy) is 1. The zero-order chi connectivity index (χ0) is 10.4. The van der Waals surface area contributed by atoms with Crippen LogP contribution in [0, 0.1) is 11.8 Å². The zero-order valence-corrected chi connectivity index (χ0v) is 8.29. The molecule has 0 atom stereocenters. The molecule has 0 saturated carbocycles. The molecule has 3 heteroatoms. The van der Waals surface area contributed by atoms with E-state index in [2.05, 4.69) is 17.2 Å². The van der Waals surface area contributed by atoms with Crippen molar-refractivity contribution in [1.29, 1.82) is 0 Å². The second-order valence-electron chi connectivity index (χ2n) is 2.72. The number of phenolic OH excluding ortho intramolecular Hbond substituents is 1. The number of rotatable bonds is 2. The number of aromatic hydroxyl groups is 1. The van der Waals surface area contributed by atoms with Crippen LogP contribution in [0.2, 0.25) is 0 Å². The fourth-order valence-corrected chi connectivity index (χ4v) is 1.01. The Hall–Kier alpha value is -1.66. The molecular weight excluding hydrogens is 178 g/mol. The molecule has 0 heterocycles. The molecule has 0 amide bonds. The molecule has 14 heavy (non-hydrogen) atoms. The van der Waals surface area contributed by atoms with Crippen LogP contribution < -0.4 is 10.1 Å². The summed E-state index contributed by atoms with van der Waals surface area (Å²) in [4.78, 5) is 0. The molecule has 0 unspecified atom stereocenters. The van der Waals surface area contributed by atoms with Crippen LogP contribution in [0.25, 0.3) is 0 Å². The van der Waals surface area contributed by atoms with Crippen LogP contribution in [0.5, 0.6) is 11.5 Å². The van der Waals surface area contributed by atoms with E-state index in [1.807, 2.05) is 7.05 Å². The van der Waals surface area contributed by atoms with Gasteiger partial charge in [0, 0.05) is 6.07 Å². The Kier molecular flexibility index (Phi) is 3.84. The number of benzene rings is 1. The summed E-state index contributed by atoms with van der Waals surface area (Å²) in [6.07, 6.45) is 0. The third-order valence-electron chi connectivity index (χ3n) is 1.67. The molecule has 0 fully saturated rings. The first-order chi connectivity index (χ1) is 6.77. The third-order valence-corrected chi connectivity index (χ3v) is 1.67. The number of nitrogens with one attached hydrogen (secondary N) is 1. The summed E-state index contributed by atoms with van der Waals surface area (Å²) in [6.45, 7) is 0.629. The van der Waals surface area contributed by atoms with Crippen molar-refractivity contribution in [3.63, 3.8) is 0 Å². The maximum absolute atomic E-state index is 9.20. The van der Waals surface area contributed by atoms with Crippen LogP contribution in [-0.2, 0) is 0 Å². The summed E-state index contributed by atoms with van der Waals surface area (Å²) in [7, 11) is 3.39. The van der Waals surface area contributed by atoms with Crippen molar-refractivity contribution in [3.8, 4) is 23.3 Å². The third kappa shape index (κ3) is 2.68. The standard InChI is InChI=1S/C11H13NO2/c1-12-7-3-4-9-5-6-10(13)8-11(9)14-2/h5-6,8,12-13H,7H2,1-2H3. The lowest BCUT2D eigenvalue weighted by Crippen LogP contribution is -2.04. The van der Waals surface area contributed by atoms with Crippen molar-refractivity contribution >= 4 is 0 Å². The molecule has 1 aromatic carbocycles. The molecule has 1 rings (SSSR count). The van der Waals surface area contributed by atoms with Gasteiger partial charge in [-0.15, -0.1) is 0 Å². The number of methoxy groups -OCH3 is 1. The van der Waals surface area contributed by atoms with Crippen molar-refractivity contribution < 1.29 is 9.84 Å². The Morgan fingerprint density at radius 2 is 2.29 bits per heavy atom. The van der Waals surface area contributed by atoms with Crippen molar-refractivity contribution in [2.75, 3.05) is 20.7 Å². The summed E-state index contributed by atoms with van der Waals surface area (Å²) in [5, 5.41) is 12.1. The SMILES string of the molecule is CNCC#Cc1ccc(O)cc1OC. The number of phenols is 1. The van der Waals surface area contributed by atoms with E-state index < -0.39 is 0 Å². The van der Waals surface area contributed by atoms with E-state index in [1.54, 1.807) is 25.3 Å². The predicted octanol–water partition coefficient (Wildman–Crippen LogP) is 0.972. The lowest BCUT2D eigenvalue weighted by molar-refractivity contribution is 0.406. The summed E-state index contributed by atoms with van der Waals surface area (Å²) in [6, 6.07) is 4.87. The van der Waals surface area contributed by atoms with Gasteiger partial charge in [-0.3, -0.25) is 0 Å². The van der Waals surface area contributed by atoms with E-state index in [4.69, 9.17) is 4.74 Å². The fraction of sp³-hybridized carbons (Fsp3) is 0.273. The molecule has 0 aliphatic heterocycles. The van der Waals surface area contributed by atoms with E-state index in [0.717, 1.165) is 5.56 Å². The monoisotopic (exact) mass is 191 g/mol. The van der Waals surface area contributed by atoms with E-state index in [1.165, 1.54) is 0 Å². The van der Waals surface area contributed by atoms with E-state index >= 15 is 0 Å². The van der Waals surface area contributed by atoms with Gasteiger partial charge in [-0.1, -0.05) is 11.8 Å². The maximum Gasteiger partial charge on any atom is 0.138 e. The van der Waals surface area contributed by atoms with Crippen LogP contribution in [0.3, 0.4) is 0 Å². The van der Waals surface area contributed by atoms with Gasteiger partial charge in [0.1, 0.15) is 11.5 Å². The summed E-state index contributed by atoms with van der Waals surface area (Å²) >= 11 is 0. The van der Waals surface area contributed by atoms with Crippen LogP contribution in [0.1, 0.15) is 5.56 Å². The highest BCUT2D eigenvalue weighted by atomic mass is 16.5. The molecule has 0 spiro atoms. The molecule has 0 aliphatic rings. The summed E-state index contributed by atoms with van der Waals surface area (Å²) in [5.74, 6) is 6.64. The smallest absolute Gasteiger partial charge is 0.138 e. The normalized spacial score (nSPS) is 9.00. The Bertz CT molecular complexity index is 363. The molecule has 3 nitrogen and oxygen atoms in total. The average molecular weight is 191 g/mol. The van der Waals surface area contributed by atoms with Crippen LogP contribution in [0.4, 0.5) is 0 Å². The Balaban J connectivity index is 2.92. The van der Waals surface area contributed by atoms with Crippen LogP contribution >= 0.6 is 0 Å². The molecule has 0 bridgehead atoms. The van der Waals surface area contributed by atoms with Gasteiger partial charge >= 0.3 is 0 Å². The quantitative estimate of drug-likeness (QED) is 0.684. The first-order valence-electron chi connectivity index (χ1n) is 4.28. The van der Waals surface area contributed by atoms with Crippen molar-refractivity contribution in [1.82, 2.24) is 5.32 Å². The summed E-state index contributed by atoms with van der Waals surface area (Å²) < 4.78 is 5.07. The fourth-order valence-electron chi connectivity index (χ4n) is 1.01. The van der Waals surface area contributed by atoms with E-state index in [9.17, 15) is 5.11 Å². The van der Waals surface area contributed by atoms with Gasteiger partial charge in [0.25, 0.3) is 0 Å². The van der Waals surface area contributed by atoms with Crippen LogP contribution in [-0.4, -0.2) is 25.8 Å². The molecule has 74 valence electrons. The van der Waals surface area contributed by atoms with Crippen molar-refractivity contribution in [3.05, 3.63) is 23.8 Å². The lowest BCUT2D eigenvalue weighted by Gasteiger charge is -2.02. The van der Waals surface area contributed by atoms with Crippen LogP contribution in [0.15, 0.2) is 18.2 Å². The molecule has 1 aromatic rings. The predicted molar refractivity (Wildman–Crippen MR) is 55.5 cm³/mol. The van der Waals surface area contributed by atoms with Crippen molar-refractivity contribution in [2.24, 2.45) is 0 Å². The molecule has 0 saturated heterocycles. The van der Waals surface area contributed by atoms with Gasteiger partial charge in [0.2, 0.25) is 0 Å². The minimum absolute atomic E-state index is 0.181. The maximum atomic E-state index is 9.20. The first kappa shape index (κ1) is 10.4. The molecule has 0 aliphatic carbocycles. The van der Waals surface area contributed by atoms with E-state index in [-0.39, 0.29) is 5.75 Å². The Morgan fingerprint density at radius 3 is 2.93 bits per heavy atom. The highest BCUT2D eigenvalue weighted by Gasteiger charge is 2.00. The van der Waals surface area contributed by atoms with Gasteiger partial charge in [0.05, 0.1) is 19.2 Å². The zero-order valence-electron chi connectivity index (χ0n) is 8.29. The van der Waals surface area contributed by atoms with Gasteiger partial charge in [0.15, 0.2) is 0 Å². The van der Waals surface area contributed by atoms with Gasteiger partial charge in [-0.2, -0.15) is 0 Å². The van der Waals surface area contributed by atoms with Crippen molar-refractivity contribution in [2.45, 2.75) is 0 Å². The minimum Gasteiger partial charge on any atom is -0.508 e. The number of hydrogen-bond acceptors (Lipinski definition) is 3. The second kappa shape index (κ2) is 5.15. The average Bonchev–Trinajstić information content (AvgIpc) is 2.20. The Labute approximate surface area is 83.7 Å². The molecular formula is C11H13NO2. The first-order valence-corrected chi connectivity index (χ1v) is 4.28. The minimum atomic E-state index is 0.181. The topological polar surface area (TPSA) is 41.5 Å². The van der Waals surface area contributed by atoms with Gasteiger partial charge < -0.3 is 15.2 Å². The Morgan fingerprint density at radius 1 is 1.50 bits per heavy atom. The summed E-state index contributed by atoms with van der Waals surface area (Å²) in [5.41, 5.74) is 0.778. The second-order valence-corrected chi connectivity index (χ2v) is 2.72. The van der Waals surface area contributed by atoms with E-state index in [0.29, 0.717) is 12.3 Å². The van der Waals surface area contributed by atoms with Gasteiger partial charge in [-0.05, 0) is 19.2 Å². The molecule has 0 radical (unpaired) electrons. The highest BCUT2D eigenvalue weighted by molar-refractivity contribution is 5.49. The van der Waals surface area contributed by atoms with Gasteiger partial charge in [-0.25, -0.2) is 0 Å². The highest BCUT2D eigenvalue weighted by Crippen LogP contribution is 2.22. The largest absolute Gasteiger partial charge is 0.508 e.